The van der Waals surface area contributed by atoms with Crippen LogP contribution in [-0.4, -0.2) is 48.2 Å². The van der Waals surface area contributed by atoms with Crippen LogP contribution in [0.3, 0.4) is 0 Å². The molecule has 6 nitrogen and oxygen atoms in total. The van der Waals surface area contributed by atoms with Gasteiger partial charge >= 0.3 is 0 Å². The molecule has 0 amide bonds. The lowest BCUT2D eigenvalue weighted by atomic mass is 10.3. The van der Waals surface area contributed by atoms with E-state index < -0.39 is 0 Å². The molecule has 126 valence electrons. The standard InChI is InChI=1S/C17H27N5O/c1-4-18-17(20-10-12-23-5-2)19-9-8-15-13-22-11-6-7-14(3)16(22)21-15/h6-7,11,13H,4-5,8-10,12H2,1-3H3,(H2,18,19,20). The normalized spacial score (nSPS) is 11.9. The minimum absolute atomic E-state index is 0.652. The van der Waals surface area contributed by atoms with E-state index in [0.29, 0.717) is 13.2 Å². The number of hydrogen-bond acceptors (Lipinski definition) is 3. The molecular formula is C17H27N5O. The number of nitrogens with one attached hydrogen (secondary N) is 2. The minimum atomic E-state index is 0.652. The molecule has 0 bridgehead atoms. The third-order valence-corrected chi connectivity index (χ3v) is 3.46. The lowest BCUT2D eigenvalue weighted by Crippen LogP contribution is -2.38. The summed E-state index contributed by atoms with van der Waals surface area (Å²) >= 11 is 0. The van der Waals surface area contributed by atoms with Crippen LogP contribution >= 0.6 is 0 Å². The number of aliphatic imine (C=N–C) groups is 1. The molecule has 2 heterocycles. The molecular weight excluding hydrogens is 290 g/mol. The molecule has 0 fully saturated rings. The fourth-order valence-corrected chi connectivity index (χ4v) is 2.34. The lowest BCUT2D eigenvalue weighted by molar-refractivity contribution is 0.155. The van der Waals surface area contributed by atoms with Gasteiger partial charge in [-0.05, 0) is 32.4 Å². The molecule has 0 saturated carbocycles. The van der Waals surface area contributed by atoms with Crippen molar-refractivity contribution >= 4 is 11.6 Å². The number of aromatic nitrogens is 2. The summed E-state index contributed by atoms with van der Waals surface area (Å²) in [5, 5.41) is 6.58. The predicted molar refractivity (Wildman–Crippen MR) is 94.1 cm³/mol. The lowest BCUT2D eigenvalue weighted by Gasteiger charge is -2.10. The highest BCUT2D eigenvalue weighted by atomic mass is 16.5. The average Bonchev–Trinajstić information content (AvgIpc) is 2.96. The van der Waals surface area contributed by atoms with E-state index in [1.165, 1.54) is 5.56 Å². The Balaban J connectivity index is 1.86. The first-order chi connectivity index (χ1) is 11.2. The van der Waals surface area contributed by atoms with Crippen molar-refractivity contribution in [2.45, 2.75) is 27.2 Å². The number of guanidine groups is 1. The van der Waals surface area contributed by atoms with E-state index in [2.05, 4.69) is 51.1 Å². The number of pyridine rings is 1. The average molecular weight is 317 g/mol. The molecule has 2 rings (SSSR count). The van der Waals surface area contributed by atoms with Crippen LogP contribution in [0.5, 0.6) is 0 Å². The molecule has 0 unspecified atom stereocenters. The van der Waals surface area contributed by atoms with Crippen LogP contribution in [0.25, 0.3) is 5.65 Å². The highest BCUT2D eigenvalue weighted by Crippen LogP contribution is 2.09. The zero-order chi connectivity index (χ0) is 16.5. The van der Waals surface area contributed by atoms with Crippen molar-refractivity contribution in [1.82, 2.24) is 20.0 Å². The van der Waals surface area contributed by atoms with Gasteiger partial charge in [-0.25, -0.2) is 4.98 Å². The number of aryl methyl sites for hydroxylation is 1. The Kier molecular flexibility index (Phi) is 6.87. The summed E-state index contributed by atoms with van der Waals surface area (Å²) in [6, 6.07) is 4.12. The van der Waals surface area contributed by atoms with E-state index >= 15 is 0 Å². The number of imidazole rings is 1. The molecule has 0 radical (unpaired) electrons. The van der Waals surface area contributed by atoms with E-state index in [0.717, 1.165) is 43.4 Å². The summed E-state index contributed by atoms with van der Waals surface area (Å²) in [5.74, 6) is 0.826. The van der Waals surface area contributed by atoms with Crippen LogP contribution in [0.1, 0.15) is 25.1 Å². The van der Waals surface area contributed by atoms with Gasteiger partial charge in [0, 0.05) is 38.5 Å². The van der Waals surface area contributed by atoms with Crippen molar-refractivity contribution in [3.63, 3.8) is 0 Å². The SMILES string of the molecule is CCNC(=NCCOCC)NCCc1cn2cccc(C)c2n1. The largest absolute Gasteiger partial charge is 0.380 e. The van der Waals surface area contributed by atoms with Crippen molar-refractivity contribution in [2.75, 3.05) is 32.8 Å². The van der Waals surface area contributed by atoms with E-state index in [4.69, 9.17) is 4.74 Å². The minimum Gasteiger partial charge on any atom is -0.380 e. The molecule has 0 aromatic carbocycles. The maximum Gasteiger partial charge on any atom is 0.191 e. The van der Waals surface area contributed by atoms with Crippen molar-refractivity contribution in [1.29, 1.82) is 0 Å². The topological polar surface area (TPSA) is 63.0 Å². The Morgan fingerprint density at radius 3 is 2.96 bits per heavy atom. The number of nitrogens with zero attached hydrogens (tertiary/aromatic N) is 3. The maximum absolute atomic E-state index is 5.31. The number of hydrogen-bond donors (Lipinski definition) is 2. The van der Waals surface area contributed by atoms with Crippen LogP contribution < -0.4 is 10.6 Å². The van der Waals surface area contributed by atoms with E-state index in [1.54, 1.807) is 0 Å². The fraction of sp³-hybridized carbons (Fsp3) is 0.529. The number of rotatable bonds is 8. The van der Waals surface area contributed by atoms with Gasteiger partial charge in [0.05, 0.1) is 18.8 Å². The molecule has 0 spiro atoms. The van der Waals surface area contributed by atoms with Crippen LogP contribution in [0.15, 0.2) is 29.5 Å². The molecule has 23 heavy (non-hydrogen) atoms. The van der Waals surface area contributed by atoms with Crippen LogP contribution in [0.4, 0.5) is 0 Å². The summed E-state index contributed by atoms with van der Waals surface area (Å²) < 4.78 is 7.38. The third kappa shape index (κ3) is 5.25. The molecule has 0 aliphatic heterocycles. The van der Waals surface area contributed by atoms with Gasteiger partial charge < -0.3 is 19.8 Å². The van der Waals surface area contributed by atoms with Gasteiger partial charge in [-0.1, -0.05) is 6.07 Å². The summed E-state index contributed by atoms with van der Waals surface area (Å²) in [7, 11) is 0. The van der Waals surface area contributed by atoms with Crippen LogP contribution in [-0.2, 0) is 11.2 Å². The van der Waals surface area contributed by atoms with Gasteiger partial charge in [0.2, 0.25) is 0 Å². The van der Waals surface area contributed by atoms with Gasteiger partial charge in [-0.15, -0.1) is 0 Å². The molecule has 2 aromatic heterocycles. The smallest absolute Gasteiger partial charge is 0.191 e. The molecule has 6 heteroatoms. The van der Waals surface area contributed by atoms with Crippen LogP contribution in [0, 0.1) is 6.92 Å². The van der Waals surface area contributed by atoms with Gasteiger partial charge in [0.25, 0.3) is 0 Å². The van der Waals surface area contributed by atoms with Gasteiger partial charge in [0.1, 0.15) is 5.65 Å². The highest BCUT2D eigenvalue weighted by molar-refractivity contribution is 5.79. The van der Waals surface area contributed by atoms with Gasteiger partial charge in [-0.2, -0.15) is 0 Å². The second-order valence-corrected chi connectivity index (χ2v) is 5.29. The maximum atomic E-state index is 5.31. The van der Waals surface area contributed by atoms with Crippen molar-refractivity contribution in [3.8, 4) is 0 Å². The Hall–Kier alpha value is -2.08. The van der Waals surface area contributed by atoms with Crippen LogP contribution in [0.2, 0.25) is 0 Å². The summed E-state index contributed by atoms with van der Waals surface area (Å²) in [4.78, 5) is 9.17. The summed E-state index contributed by atoms with van der Waals surface area (Å²) in [6.07, 6.45) is 4.98. The van der Waals surface area contributed by atoms with Gasteiger partial charge in [-0.3, -0.25) is 4.99 Å². The second-order valence-electron chi connectivity index (χ2n) is 5.29. The fourth-order valence-electron chi connectivity index (χ4n) is 2.34. The van der Waals surface area contributed by atoms with E-state index in [1.807, 2.05) is 19.2 Å². The van der Waals surface area contributed by atoms with Crippen molar-refractivity contribution in [3.05, 3.63) is 35.8 Å². The van der Waals surface area contributed by atoms with Crippen molar-refractivity contribution in [2.24, 2.45) is 4.99 Å². The molecule has 2 aromatic rings. The third-order valence-electron chi connectivity index (χ3n) is 3.46. The molecule has 0 aliphatic carbocycles. The Morgan fingerprint density at radius 1 is 1.35 bits per heavy atom. The Bertz CT molecular complexity index is 635. The first-order valence-electron chi connectivity index (χ1n) is 8.27. The van der Waals surface area contributed by atoms with Crippen molar-refractivity contribution < 1.29 is 4.74 Å². The first-order valence-corrected chi connectivity index (χ1v) is 8.27. The van der Waals surface area contributed by atoms with E-state index in [9.17, 15) is 0 Å². The highest BCUT2D eigenvalue weighted by Gasteiger charge is 2.04. The first kappa shape index (κ1) is 17.3. The predicted octanol–water partition coefficient (Wildman–Crippen LogP) is 1.78. The number of fused-ring (bicyclic) bond motifs is 1. The quantitative estimate of drug-likeness (QED) is 0.442. The second kappa shape index (κ2) is 9.15. The summed E-state index contributed by atoms with van der Waals surface area (Å²) in [6.45, 7) is 9.81. The molecule has 0 aliphatic rings. The summed E-state index contributed by atoms with van der Waals surface area (Å²) in [5.41, 5.74) is 3.30. The van der Waals surface area contributed by atoms with E-state index in [-0.39, 0.29) is 0 Å². The Morgan fingerprint density at radius 2 is 2.22 bits per heavy atom. The zero-order valence-corrected chi connectivity index (χ0v) is 14.3. The monoisotopic (exact) mass is 317 g/mol. The number of ether oxygens (including phenoxy) is 1. The zero-order valence-electron chi connectivity index (χ0n) is 14.3. The van der Waals surface area contributed by atoms with Gasteiger partial charge in [0.15, 0.2) is 5.96 Å². The molecule has 0 atom stereocenters. The Labute approximate surface area is 138 Å². The molecule has 2 N–H and O–H groups in total. The molecule has 0 saturated heterocycles.